The van der Waals surface area contributed by atoms with E-state index in [0.717, 1.165) is 19.3 Å². The second kappa shape index (κ2) is 3.71. The quantitative estimate of drug-likeness (QED) is 0.766. The van der Waals surface area contributed by atoms with Gasteiger partial charge in [-0.1, -0.05) is 6.92 Å². The van der Waals surface area contributed by atoms with E-state index in [2.05, 4.69) is 0 Å². The molecular formula is C10H19NO3S. The van der Waals surface area contributed by atoms with Gasteiger partial charge >= 0.3 is 0 Å². The van der Waals surface area contributed by atoms with Crippen molar-refractivity contribution < 1.29 is 13.5 Å². The van der Waals surface area contributed by atoms with Gasteiger partial charge in [-0.15, -0.1) is 0 Å². The first-order valence-corrected chi connectivity index (χ1v) is 7.17. The van der Waals surface area contributed by atoms with Gasteiger partial charge in [0.25, 0.3) is 0 Å². The molecule has 0 aromatic carbocycles. The Morgan fingerprint density at radius 1 is 1.47 bits per heavy atom. The van der Waals surface area contributed by atoms with Crippen molar-refractivity contribution in [2.45, 2.75) is 26.2 Å². The van der Waals surface area contributed by atoms with Crippen LogP contribution in [0.25, 0.3) is 0 Å². The fourth-order valence-corrected chi connectivity index (χ4v) is 4.40. The molecule has 2 aliphatic rings. The SMILES string of the molecule is CC1CN(CC2(CCO)CC2)S(=O)(=O)C1. The van der Waals surface area contributed by atoms with Crippen molar-refractivity contribution in [1.82, 2.24) is 4.31 Å². The Labute approximate surface area is 91.3 Å². The Hall–Kier alpha value is -0.130. The fraction of sp³-hybridized carbons (Fsp3) is 1.00. The lowest BCUT2D eigenvalue weighted by molar-refractivity contribution is 0.226. The lowest BCUT2D eigenvalue weighted by atomic mass is 10.0. The molecule has 1 heterocycles. The van der Waals surface area contributed by atoms with Crippen molar-refractivity contribution in [3.63, 3.8) is 0 Å². The summed E-state index contributed by atoms with van der Waals surface area (Å²) in [6, 6.07) is 0. The van der Waals surface area contributed by atoms with Crippen molar-refractivity contribution in [1.29, 1.82) is 0 Å². The smallest absolute Gasteiger partial charge is 0.214 e. The molecule has 0 amide bonds. The van der Waals surface area contributed by atoms with Crippen molar-refractivity contribution in [3.05, 3.63) is 0 Å². The van der Waals surface area contributed by atoms with Crippen molar-refractivity contribution >= 4 is 10.0 Å². The maximum absolute atomic E-state index is 11.7. The molecule has 0 spiro atoms. The molecule has 1 unspecified atom stereocenters. The molecule has 1 saturated heterocycles. The highest BCUT2D eigenvalue weighted by Crippen LogP contribution is 2.50. The zero-order valence-corrected chi connectivity index (χ0v) is 9.96. The van der Waals surface area contributed by atoms with Crippen LogP contribution in [0.1, 0.15) is 26.2 Å². The molecule has 2 fully saturated rings. The predicted molar refractivity (Wildman–Crippen MR) is 57.9 cm³/mol. The number of hydrogen-bond acceptors (Lipinski definition) is 3. The molecule has 5 heteroatoms. The van der Waals surface area contributed by atoms with Gasteiger partial charge in [-0.05, 0) is 30.6 Å². The molecule has 4 nitrogen and oxygen atoms in total. The number of sulfonamides is 1. The molecule has 1 saturated carbocycles. The van der Waals surface area contributed by atoms with E-state index in [1.54, 1.807) is 4.31 Å². The van der Waals surface area contributed by atoms with Crippen molar-refractivity contribution in [3.8, 4) is 0 Å². The Balaban J connectivity index is 2.01. The molecule has 0 aromatic rings. The molecule has 1 atom stereocenters. The van der Waals surface area contributed by atoms with E-state index >= 15 is 0 Å². The first-order chi connectivity index (χ1) is 6.97. The Kier molecular flexibility index (Phi) is 2.81. The second-order valence-electron chi connectivity index (χ2n) is 5.15. The van der Waals surface area contributed by atoms with Crippen molar-refractivity contribution in [2.75, 3.05) is 25.4 Å². The van der Waals surface area contributed by atoms with Crippen LogP contribution in [0.5, 0.6) is 0 Å². The number of hydrogen-bond donors (Lipinski definition) is 1. The average molecular weight is 233 g/mol. The van der Waals surface area contributed by atoms with Gasteiger partial charge in [0.2, 0.25) is 10.0 Å². The number of aliphatic hydroxyl groups is 1. The summed E-state index contributed by atoms with van der Waals surface area (Å²) in [5.74, 6) is 0.544. The number of aliphatic hydroxyl groups excluding tert-OH is 1. The topological polar surface area (TPSA) is 57.6 Å². The van der Waals surface area contributed by atoms with E-state index < -0.39 is 10.0 Å². The van der Waals surface area contributed by atoms with E-state index in [-0.39, 0.29) is 17.9 Å². The maximum atomic E-state index is 11.7. The summed E-state index contributed by atoms with van der Waals surface area (Å²) in [5.41, 5.74) is 0.103. The highest BCUT2D eigenvalue weighted by atomic mass is 32.2. The third-order valence-corrected chi connectivity index (χ3v) is 5.57. The molecule has 1 aliphatic carbocycles. The average Bonchev–Trinajstić information content (AvgIpc) is 2.77. The first kappa shape index (κ1) is 11.4. The highest BCUT2D eigenvalue weighted by Gasteiger charge is 2.47. The van der Waals surface area contributed by atoms with Crippen LogP contribution >= 0.6 is 0 Å². The van der Waals surface area contributed by atoms with Crippen LogP contribution in [0.2, 0.25) is 0 Å². The molecule has 2 rings (SSSR count). The Morgan fingerprint density at radius 3 is 2.53 bits per heavy atom. The molecule has 0 aromatic heterocycles. The van der Waals surface area contributed by atoms with Gasteiger partial charge in [0.05, 0.1) is 5.75 Å². The molecular weight excluding hydrogens is 214 g/mol. The number of rotatable bonds is 4. The van der Waals surface area contributed by atoms with Gasteiger partial charge in [0, 0.05) is 19.7 Å². The second-order valence-corrected chi connectivity index (χ2v) is 7.16. The zero-order chi connectivity index (χ0) is 11.1. The van der Waals surface area contributed by atoms with Crippen LogP contribution in [0.3, 0.4) is 0 Å². The minimum absolute atomic E-state index is 0.103. The minimum atomic E-state index is -3.00. The van der Waals surface area contributed by atoms with Gasteiger partial charge < -0.3 is 5.11 Å². The standard InChI is InChI=1S/C10H19NO3S/c1-9-6-11(15(13,14)7-9)8-10(2-3-10)4-5-12/h9,12H,2-8H2,1H3. The monoisotopic (exact) mass is 233 g/mol. The summed E-state index contributed by atoms with van der Waals surface area (Å²) in [5, 5.41) is 8.93. The highest BCUT2D eigenvalue weighted by molar-refractivity contribution is 7.89. The Morgan fingerprint density at radius 2 is 2.13 bits per heavy atom. The number of nitrogens with zero attached hydrogens (tertiary/aromatic N) is 1. The Bertz CT molecular complexity index is 335. The molecule has 1 aliphatic heterocycles. The summed E-state index contributed by atoms with van der Waals surface area (Å²) in [6.45, 7) is 3.43. The molecule has 0 bridgehead atoms. The zero-order valence-electron chi connectivity index (χ0n) is 9.15. The van der Waals surface area contributed by atoms with E-state index in [4.69, 9.17) is 5.11 Å². The molecule has 15 heavy (non-hydrogen) atoms. The molecule has 0 radical (unpaired) electrons. The van der Waals surface area contributed by atoms with Crippen LogP contribution in [0.4, 0.5) is 0 Å². The van der Waals surface area contributed by atoms with Crippen LogP contribution in [-0.2, 0) is 10.0 Å². The first-order valence-electron chi connectivity index (χ1n) is 5.56. The summed E-state index contributed by atoms with van der Waals surface area (Å²) < 4.78 is 25.1. The van der Waals surface area contributed by atoms with E-state index in [0.29, 0.717) is 18.8 Å². The lowest BCUT2D eigenvalue weighted by Crippen LogP contribution is -2.32. The third kappa shape index (κ3) is 2.34. The lowest BCUT2D eigenvalue weighted by Gasteiger charge is -2.21. The van der Waals surface area contributed by atoms with Gasteiger partial charge in [-0.25, -0.2) is 12.7 Å². The van der Waals surface area contributed by atoms with Crippen LogP contribution in [0, 0.1) is 11.3 Å². The summed E-state index contributed by atoms with van der Waals surface area (Å²) in [6.07, 6.45) is 2.87. The van der Waals surface area contributed by atoms with Gasteiger partial charge in [0.15, 0.2) is 0 Å². The predicted octanol–water partition coefficient (Wildman–Crippen LogP) is 0.430. The van der Waals surface area contributed by atoms with Gasteiger partial charge in [-0.3, -0.25) is 0 Å². The largest absolute Gasteiger partial charge is 0.396 e. The fourth-order valence-electron chi connectivity index (χ4n) is 2.42. The molecule has 1 N–H and O–H groups in total. The maximum Gasteiger partial charge on any atom is 0.214 e. The summed E-state index contributed by atoms with van der Waals surface area (Å²) >= 11 is 0. The van der Waals surface area contributed by atoms with Crippen LogP contribution < -0.4 is 0 Å². The molecule has 88 valence electrons. The van der Waals surface area contributed by atoms with Crippen molar-refractivity contribution in [2.24, 2.45) is 11.3 Å². The van der Waals surface area contributed by atoms with E-state index in [1.165, 1.54) is 0 Å². The minimum Gasteiger partial charge on any atom is -0.396 e. The van der Waals surface area contributed by atoms with E-state index in [1.807, 2.05) is 6.92 Å². The van der Waals surface area contributed by atoms with E-state index in [9.17, 15) is 8.42 Å². The van der Waals surface area contributed by atoms with Gasteiger partial charge in [-0.2, -0.15) is 0 Å². The normalized spacial score (nSPS) is 33.1. The third-order valence-electron chi connectivity index (χ3n) is 3.51. The van der Waals surface area contributed by atoms with Crippen LogP contribution in [0.15, 0.2) is 0 Å². The summed E-state index contributed by atoms with van der Waals surface area (Å²) in [4.78, 5) is 0. The van der Waals surface area contributed by atoms with Crippen LogP contribution in [-0.4, -0.2) is 43.3 Å². The van der Waals surface area contributed by atoms with Gasteiger partial charge in [0.1, 0.15) is 0 Å². The summed E-state index contributed by atoms with van der Waals surface area (Å²) in [7, 11) is -3.00.